The summed E-state index contributed by atoms with van der Waals surface area (Å²) in [6.45, 7) is 5.42. The fourth-order valence-electron chi connectivity index (χ4n) is 0.351. The van der Waals surface area contributed by atoms with E-state index >= 15 is 0 Å². The van der Waals surface area contributed by atoms with Crippen molar-refractivity contribution in [2.45, 2.75) is 32.8 Å². The van der Waals surface area contributed by atoms with Crippen LogP contribution in [0.15, 0.2) is 0 Å². The molecular weight excluding hydrogens is 108 g/mol. The van der Waals surface area contributed by atoms with Crippen molar-refractivity contribution < 1.29 is 14.5 Å². The minimum absolute atomic E-state index is 0.166. The van der Waals surface area contributed by atoms with Crippen LogP contribution in [0.2, 0.25) is 0 Å². The van der Waals surface area contributed by atoms with E-state index in [0.29, 0.717) is 0 Å². The normalized spacial score (nSPS) is 21.4. The molecule has 3 nitrogen and oxygen atoms in total. The Labute approximate surface area is 48.5 Å². The van der Waals surface area contributed by atoms with Crippen molar-refractivity contribution in [2.24, 2.45) is 0 Å². The Morgan fingerprint density at radius 2 is 1.75 bits per heavy atom. The van der Waals surface area contributed by atoms with Gasteiger partial charge < -0.3 is 4.74 Å². The molecule has 8 heavy (non-hydrogen) atoms. The summed E-state index contributed by atoms with van der Waals surface area (Å²) in [4.78, 5) is 8.72. The van der Waals surface area contributed by atoms with Crippen LogP contribution in [0.3, 0.4) is 0 Å². The molecule has 0 atom stereocenters. The Balaban J connectivity index is 2.16. The Hall–Kier alpha value is -0.120. The van der Waals surface area contributed by atoms with Crippen LogP contribution >= 0.6 is 0 Å². The fraction of sp³-hybridized carbons (Fsp3) is 1.00. The van der Waals surface area contributed by atoms with Gasteiger partial charge in [0.05, 0.1) is 5.60 Å². The molecule has 0 bridgehead atoms. The minimum Gasteiger partial charge on any atom is -0.321 e. The van der Waals surface area contributed by atoms with Crippen LogP contribution in [0.1, 0.15) is 20.8 Å². The third kappa shape index (κ3) is 2.26. The fourth-order valence-corrected chi connectivity index (χ4v) is 0.351. The van der Waals surface area contributed by atoms with E-state index in [1.807, 2.05) is 20.8 Å². The highest BCUT2D eigenvalue weighted by atomic mass is 17.4. The largest absolute Gasteiger partial charge is 0.330 e. The molecule has 1 fully saturated rings. The molecule has 0 saturated carbocycles. The van der Waals surface area contributed by atoms with Gasteiger partial charge in [-0.1, -0.05) is 0 Å². The Kier molecular flexibility index (Phi) is 1.27. The lowest BCUT2D eigenvalue weighted by Crippen LogP contribution is -2.20. The number of rotatable bonds is 1. The highest BCUT2D eigenvalue weighted by Crippen LogP contribution is 2.20. The first-order chi connectivity index (χ1) is 3.58. The molecule has 0 spiro atoms. The third-order valence-electron chi connectivity index (χ3n) is 0.625. The molecule has 0 aliphatic carbocycles. The van der Waals surface area contributed by atoms with E-state index in [1.165, 1.54) is 0 Å². The monoisotopic (exact) mass is 118 g/mol. The predicted molar refractivity (Wildman–Crippen MR) is 26.8 cm³/mol. The molecule has 1 heterocycles. The number of hydrogen-bond acceptors (Lipinski definition) is 3. The van der Waals surface area contributed by atoms with E-state index < -0.39 is 6.48 Å². The zero-order valence-electron chi connectivity index (χ0n) is 5.30. The molecule has 1 aliphatic rings. The summed E-state index contributed by atoms with van der Waals surface area (Å²) in [6.07, 6.45) is 0. The maximum Gasteiger partial charge on any atom is 0.330 e. The van der Waals surface area contributed by atoms with Crippen LogP contribution in [-0.2, 0) is 14.5 Å². The first-order valence-corrected chi connectivity index (χ1v) is 2.58. The lowest BCUT2D eigenvalue weighted by Gasteiger charge is -2.14. The van der Waals surface area contributed by atoms with E-state index in [-0.39, 0.29) is 5.60 Å². The van der Waals surface area contributed by atoms with E-state index in [4.69, 9.17) is 4.74 Å². The van der Waals surface area contributed by atoms with Gasteiger partial charge in [0.25, 0.3) is 0 Å². The second kappa shape index (κ2) is 1.69. The van der Waals surface area contributed by atoms with Crippen LogP contribution in [0.5, 0.6) is 0 Å². The minimum atomic E-state index is -0.407. The molecule has 0 aromatic rings. The summed E-state index contributed by atoms with van der Waals surface area (Å²) in [5.41, 5.74) is -0.166. The molecule has 1 rings (SSSR count). The Morgan fingerprint density at radius 1 is 1.25 bits per heavy atom. The molecule has 0 amide bonds. The van der Waals surface area contributed by atoms with E-state index in [9.17, 15) is 0 Å². The number of hydrogen-bond donors (Lipinski definition) is 0. The molecule has 0 aromatic heterocycles. The lowest BCUT2D eigenvalue weighted by atomic mass is 10.2. The molecule has 48 valence electrons. The van der Waals surface area contributed by atoms with E-state index in [1.54, 1.807) is 0 Å². The standard InChI is InChI=1S/C5H10O3/c1-5(2,3)6-4-7-8-4/h4H,1-3H3. The predicted octanol–water partition coefficient (Wildman–Crippen LogP) is 1.05. The zero-order chi connectivity index (χ0) is 6.20. The molecule has 0 unspecified atom stereocenters. The van der Waals surface area contributed by atoms with Crippen molar-refractivity contribution in [3.8, 4) is 0 Å². The number of ether oxygens (including phenoxy) is 1. The summed E-state index contributed by atoms with van der Waals surface area (Å²) in [5.74, 6) is 0. The molecule has 0 aromatic carbocycles. The summed E-state index contributed by atoms with van der Waals surface area (Å²) in [5, 5.41) is 0. The van der Waals surface area contributed by atoms with Gasteiger partial charge >= 0.3 is 6.48 Å². The van der Waals surface area contributed by atoms with Crippen molar-refractivity contribution in [3.05, 3.63) is 0 Å². The Bertz CT molecular complexity index is 80.2. The van der Waals surface area contributed by atoms with E-state index in [0.717, 1.165) is 0 Å². The van der Waals surface area contributed by atoms with Gasteiger partial charge in [0.2, 0.25) is 0 Å². The first kappa shape index (κ1) is 6.01. The molecular formula is C5H10O3. The topological polar surface area (TPSA) is 34.3 Å². The highest BCUT2D eigenvalue weighted by molar-refractivity contribution is 4.58. The van der Waals surface area contributed by atoms with Gasteiger partial charge in [-0.15, -0.1) is 0 Å². The van der Waals surface area contributed by atoms with Crippen LogP contribution in [0, 0.1) is 0 Å². The molecule has 1 saturated heterocycles. The lowest BCUT2D eigenvalue weighted by molar-refractivity contribution is -0.0637. The zero-order valence-corrected chi connectivity index (χ0v) is 5.30. The average molecular weight is 118 g/mol. The summed E-state index contributed by atoms with van der Waals surface area (Å²) >= 11 is 0. The second-order valence-corrected chi connectivity index (χ2v) is 2.71. The van der Waals surface area contributed by atoms with Gasteiger partial charge in [-0.25, -0.2) is 0 Å². The average Bonchev–Trinajstić information content (AvgIpc) is 2.12. The summed E-state index contributed by atoms with van der Waals surface area (Å²) in [7, 11) is 0. The van der Waals surface area contributed by atoms with Crippen molar-refractivity contribution >= 4 is 0 Å². The van der Waals surface area contributed by atoms with Gasteiger partial charge in [-0.3, -0.25) is 0 Å². The van der Waals surface area contributed by atoms with Crippen molar-refractivity contribution in [2.75, 3.05) is 0 Å². The van der Waals surface area contributed by atoms with Crippen LogP contribution < -0.4 is 0 Å². The summed E-state index contributed by atoms with van der Waals surface area (Å²) in [6, 6.07) is 0. The maximum absolute atomic E-state index is 5.10. The SMILES string of the molecule is CC(C)(C)OC1OO1. The van der Waals surface area contributed by atoms with Gasteiger partial charge in [0.1, 0.15) is 0 Å². The molecule has 3 heteroatoms. The first-order valence-electron chi connectivity index (χ1n) is 2.58. The molecule has 1 aliphatic heterocycles. The third-order valence-corrected chi connectivity index (χ3v) is 0.625. The Morgan fingerprint density at radius 3 is 1.88 bits per heavy atom. The molecule has 0 N–H and O–H groups in total. The van der Waals surface area contributed by atoms with Crippen LogP contribution in [-0.4, -0.2) is 12.1 Å². The van der Waals surface area contributed by atoms with Gasteiger partial charge in [-0.2, -0.15) is 9.78 Å². The summed E-state index contributed by atoms with van der Waals surface area (Å²) < 4.78 is 5.10. The highest BCUT2D eigenvalue weighted by Gasteiger charge is 2.31. The van der Waals surface area contributed by atoms with Gasteiger partial charge in [-0.05, 0) is 20.8 Å². The van der Waals surface area contributed by atoms with Gasteiger partial charge in [0.15, 0.2) is 0 Å². The molecule has 0 radical (unpaired) electrons. The van der Waals surface area contributed by atoms with Crippen molar-refractivity contribution in [3.63, 3.8) is 0 Å². The second-order valence-electron chi connectivity index (χ2n) is 2.71. The maximum atomic E-state index is 5.10. The van der Waals surface area contributed by atoms with Crippen LogP contribution in [0.4, 0.5) is 0 Å². The van der Waals surface area contributed by atoms with Gasteiger partial charge in [0, 0.05) is 0 Å². The quantitative estimate of drug-likeness (QED) is 0.381. The van der Waals surface area contributed by atoms with Crippen LogP contribution in [0.25, 0.3) is 0 Å². The smallest absolute Gasteiger partial charge is 0.321 e. The van der Waals surface area contributed by atoms with Crippen molar-refractivity contribution in [1.29, 1.82) is 0 Å². The van der Waals surface area contributed by atoms with E-state index in [2.05, 4.69) is 9.78 Å². The van der Waals surface area contributed by atoms with Crippen molar-refractivity contribution in [1.82, 2.24) is 0 Å².